The lowest BCUT2D eigenvalue weighted by molar-refractivity contribution is 0.0506. The number of nitrogens with one attached hydrogen (secondary N) is 1. The number of nitrogens with zero attached hydrogens (tertiary/aromatic N) is 3. The number of benzene rings is 3. The first-order valence-corrected chi connectivity index (χ1v) is 15.4. The maximum atomic E-state index is 13.3. The third-order valence-electron chi connectivity index (χ3n) is 7.38. The van der Waals surface area contributed by atoms with Crippen molar-refractivity contribution in [2.45, 2.75) is 52.3 Å². The molecule has 0 saturated heterocycles. The van der Waals surface area contributed by atoms with Gasteiger partial charge in [0.25, 0.3) is 11.8 Å². The quantitative estimate of drug-likeness (QED) is 0.150. The molecule has 1 N–H and O–H groups in total. The van der Waals surface area contributed by atoms with Crippen molar-refractivity contribution >= 4 is 62.9 Å². The summed E-state index contributed by atoms with van der Waals surface area (Å²) in [6.07, 6.45) is -0.532. The molecule has 0 aliphatic carbocycles. The molecule has 3 amide bonds. The van der Waals surface area contributed by atoms with Crippen molar-refractivity contribution in [2.24, 2.45) is 0 Å². The van der Waals surface area contributed by atoms with Crippen LogP contribution < -0.4 is 5.32 Å². The van der Waals surface area contributed by atoms with Gasteiger partial charge in [-0.3, -0.25) is 14.5 Å². The molecule has 1 aliphatic rings. The molecule has 8 nitrogen and oxygen atoms in total. The van der Waals surface area contributed by atoms with E-state index in [0.717, 1.165) is 5.39 Å². The van der Waals surface area contributed by atoms with E-state index in [0.29, 0.717) is 38.7 Å². The van der Waals surface area contributed by atoms with Crippen LogP contribution in [-0.2, 0) is 4.74 Å². The molecule has 3 aromatic carbocycles. The minimum absolute atomic E-state index is 0.141. The van der Waals surface area contributed by atoms with Crippen molar-refractivity contribution in [3.8, 4) is 0 Å². The fourth-order valence-electron chi connectivity index (χ4n) is 5.12. The summed E-state index contributed by atoms with van der Waals surface area (Å²) in [6, 6.07) is 17.7. The highest BCUT2D eigenvalue weighted by Crippen LogP contribution is 2.35. The maximum Gasteiger partial charge on any atom is 0.408 e. The van der Waals surface area contributed by atoms with Crippen molar-refractivity contribution in [2.75, 3.05) is 0 Å². The van der Waals surface area contributed by atoms with Crippen LogP contribution in [0.3, 0.4) is 0 Å². The minimum atomic E-state index is -0.596. The molecule has 0 spiro atoms. The van der Waals surface area contributed by atoms with Gasteiger partial charge in [0.2, 0.25) is 0 Å². The number of alkyl carbamates (subject to hydrolysis) is 1. The van der Waals surface area contributed by atoms with Crippen molar-refractivity contribution in [1.29, 1.82) is 0 Å². The van der Waals surface area contributed by atoms with Gasteiger partial charge in [-0.1, -0.05) is 35.3 Å². The Labute approximate surface area is 279 Å². The van der Waals surface area contributed by atoms with Crippen LogP contribution >= 0.6 is 23.2 Å². The lowest BCUT2D eigenvalue weighted by Gasteiger charge is -2.23. The number of halogens is 4. The van der Waals surface area contributed by atoms with E-state index in [-0.39, 0.29) is 34.0 Å². The van der Waals surface area contributed by atoms with Crippen LogP contribution in [0.1, 0.15) is 78.5 Å². The van der Waals surface area contributed by atoms with Gasteiger partial charge in [-0.15, -0.1) is 0 Å². The summed E-state index contributed by atoms with van der Waals surface area (Å²) in [5, 5.41) is 4.51. The Kier molecular flexibility index (Phi) is 9.47. The third-order valence-corrected chi connectivity index (χ3v) is 7.99. The summed E-state index contributed by atoms with van der Waals surface area (Å²) >= 11 is 12.4. The van der Waals surface area contributed by atoms with Gasteiger partial charge in [0.05, 0.1) is 34.2 Å². The molecule has 0 fully saturated rings. The van der Waals surface area contributed by atoms with Crippen LogP contribution in [0.5, 0.6) is 0 Å². The molecule has 1 aliphatic heterocycles. The smallest absolute Gasteiger partial charge is 0.408 e. The van der Waals surface area contributed by atoms with Crippen LogP contribution in [0, 0.1) is 11.6 Å². The zero-order valence-corrected chi connectivity index (χ0v) is 27.6. The Hall–Kier alpha value is -4.67. The number of hydrogen-bond acceptors (Lipinski definition) is 6. The van der Waals surface area contributed by atoms with Gasteiger partial charge in [-0.05, 0) is 83.1 Å². The largest absolute Gasteiger partial charge is 0.444 e. The van der Waals surface area contributed by atoms with Crippen LogP contribution in [0.2, 0.25) is 10.3 Å². The molecule has 0 unspecified atom stereocenters. The number of imide groups is 1. The van der Waals surface area contributed by atoms with Gasteiger partial charge in [0.1, 0.15) is 27.5 Å². The van der Waals surface area contributed by atoms with E-state index in [1.165, 1.54) is 29.2 Å². The number of pyridine rings is 2. The number of carbonyl (C=O) groups excluding carboxylic acids is 3. The predicted octanol–water partition coefficient (Wildman–Crippen LogP) is 9.00. The van der Waals surface area contributed by atoms with E-state index in [1.54, 1.807) is 83.1 Å². The Morgan fingerprint density at radius 3 is 1.74 bits per heavy atom. The minimum Gasteiger partial charge on any atom is -0.444 e. The highest BCUT2D eigenvalue weighted by molar-refractivity contribution is 6.31. The van der Waals surface area contributed by atoms with E-state index in [9.17, 15) is 23.2 Å². The summed E-state index contributed by atoms with van der Waals surface area (Å²) in [5.41, 5.74) is 2.26. The second-order valence-electron chi connectivity index (χ2n) is 12.0. The Morgan fingerprint density at radius 1 is 0.787 bits per heavy atom. The first kappa shape index (κ1) is 33.7. The molecule has 12 heteroatoms. The molecular formula is C35H30Cl2F2N4O4. The molecule has 2 atom stereocenters. The predicted molar refractivity (Wildman–Crippen MR) is 177 cm³/mol. The lowest BCUT2D eigenvalue weighted by Crippen LogP contribution is -2.34. The van der Waals surface area contributed by atoms with E-state index in [2.05, 4.69) is 15.3 Å². The van der Waals surface area contributed by atoms with Crippen LogP contribution in [0.15, 0.2) is 72.8 Å². The van der Waals surface area contributed by atoms with Crippen molar-refractivity contribution < 1.29 is 27.9 Å². The Morgan fingerprint density at radius 2 is 1.26 bits per heavy atom. The number of hydrogen-bond donors (Lipinski definition) is 1. The average Bonchev–Trinajstić information content (AvgIpc) is 3.24. The molecular weight excluding hydrogens is 649 g/mol. The molecule has 47 heavy (non-hydrogen) atoms. The van der Waals surface area contributed by atoms with Gasteiger partial charge < -0.3 is 10.1 Å². The number of aromatic nitrogens is 2. The van der Waals surface area contributed by atoms with Gasteiger partial charge in [-0.25, -0.2) is 23.5 Å². The SMILES string of the molecule is C[C@@H](c1cc2ccc(F)cc2nc1Cl)N1C(=O)c2ccccc2C1=O.C[C@H](NC(=O)OC(C)(C)C)c1cc2ccc(F)cc2nc1Cl. The fourth-order valence-corrected chi connectivity index (χ4v) is 5.74. The zero-order chi connectivity index (χ0) is 34.2. The number of fused-ring (bicyclic) bond motifs is 3. The molecule has 6 rings (SSSR count). The molecule has 3 heterocycles. The Bertz CT molecular complexity index is 2020. The summed E-state index contributed by atoms with van der Waals surface area (Å²) in [6.45, 7) is 8.87. The van der Waals surface area contributed by atoms with Gasteiger partial charge in [0.15, 0.2) is 0 Å². The standard InChI is InChI=1S/C19H12ClFN2O2.C16H18ClFN2O2/c1-10(23-18(24)13-4-2-3-5-14(13)19(23)25)15-8-11-6-7-12(21)9-16(11)22-17(15)20;1-9(19-15(21)22-16(2,3)4)12-7-10-5-6-11(18)8-13(10)20-14(12)17/h2-10H,1H3;5-9H,1-4H3,(H,19,21)/t10-;9-/m00/s1. The van der Waals surface area contributed by atoms with Gasteiger partial charge in [-0.2, -0.15) is 0 Å². The van der Waals surface area contributed by atoms with Crippen LogP contribution in [0.4, 0.5) is 13.6 Å². The van der Waals surface area contributed by atoms with Gasteiger partial charge >= 0.3 is 6.09 Å². The normalized spacial score (nSPS) is 14.0. The fraction of sp³-hybridized carbons (Fsp3) is 0.229. The second kappa shape index (κ2) is 13.2. The summed E-state index contributed by atoms with van der Waals surface area (Å²) < 4.78 is 31.8. The highest BCUT2D eigenvalue weighted by Gasteiger charge is 2.39. The average molecular weight is 680 g/mol. The topological polar surface area (TPSA) is 101 Å². The van der Waals surface area contributed by atoms with Crippen molar-refractivity contribution in [3.05, 3.63) is 117 Å². The van der Waals surface area contributed by atoms with Crippen molar-refractivity contribution in [1.82, 2.24) is 20.2 Å². The van der Waals surface area contributed by atoms with E-state index < -0.39 is 23.6 Å². The summed E-state index contributed by atoms with van der Waals surface area (Å²) in [7, 11) is 0. The molecule has 0 bridgehead atoms. The number of amides is 3. The molecule has 0 saturated carbocycles. The number of ether oxygens (including phenoxy) is 1. The third kappa shape index (κ3) is 7.34. The van der Waals surface area contributed by atoms with Gasteiger partial charge in [0, 0.05) is 34.0 Å². The van der Waals surface area contributed by atoms with Crippen LogP contribution in [0.25, 0.3) is 21.8 Å². The van der Waals surface area contributed by atoms with E-state index >= 15 is 0 Å². The van der Waals surface area contributed by atoms with E-state index in [4.69, 9.17) is 27.9 Å². The number of carbonyl (C=O) groups is 3. The molecule has 242 valence electrons. The second-order valence-corrected chi connectivity index (χ2v) is 12.7. The van der Waals surface area contributed by atoms with Crippen LogP contribution in [-0.4, -0.2) is 38.4 Å². The first-order valence-electron chi connectivity index (χ1n) is 14.6. The molecule has 5 aromatic rings. The monoisotopic (exact) mass is 678 g/mol. The molecule has 2 aromatic heterocycles. The summed E-state index contributed by atoms with van der Waals surface area (Å²) in [5.74, 6) is -1.49. The van der Waals surface area contributed by atoms with E-state index in [1.807, 2.05) is 0 Å². The summed E-state index contributed by atoms with van der Waals surface area (Å²) in [4.78, 5) is 46.6. The highest BCUT2D eigenvalue weighted by atomic mass is 35.5. The molecule has 0 radical (unpaired) electrons. The zero-order valence-electron chi connectivity index (χ0n) is 26.1. The maximum absolute atomic E-state index is 13.3. The lowest BCUT2D eigenvalue weighted by atomic mass is 10.1. The number of rotatable bonds is 4. The Balaban J connectivity index is 0.000000186. The van der Waals surface area contributed by atoms with Crippen molar-refractivity contribution in [3.63, 3.8) is 0 Å². The first-order chi connectivity index (χ1) is 22.1.